The number of nitrogen functional groups attached to an aromatic ring is 1. The van der Waals surface area contributed by atoms with Crippen molar-refractivity contribution in [3.05, 3.63) is 36.1 Å². The highest BCUT2D eigenvalue weighted by atomic mass is 32.1. The number of anilines is 1. The lowest BCUT2D eigenvalue weighted by Gasteiger charge is -2.11. The standard InChI is InChI=1S/C14H14FN3S/c1-8(2)18-11-4-3-9(15)7-10(11)17-14(18)12-5-6-13(16)19-12/h3-8H,16H2,1-2H3. The Morgan fingerprint density at radius 2 is 2.05 bits per heavy atom. The Hall–Kier alpha value is -1.88. The number of fused-ring (bicyclic) bond motifs is 1. The molecule has 0 atom stereocenters. The van der Waals surface area contributed by atoms with Crippen molar-refractivity contribution in [3.8, 4) is 10.7 Å². The van der Waals surface area contributed by atoms with Crippen LogP contribution in [0.25, 0.3) is 21.7 Å². The summed E-state index contributed by atoms with van der Waals surface area (Å²) in [5.74, 6) is 0.579. The van der Waals surface area contributed by atoms with Gasteiger partial charge in [0.25, 0.3) is 0 Å². The van der Waals surface area contributed by atoms with Crippen LogP contribution in [0.4, 0.5) is 9.39 Å². The zero-order chi connectivity index (χ0) is 13.6. The summed E-state index contributed by atoms with van der Waals surface area (Å²) >= 11 is 1.49. The van der Waals surface area contributed by atoms with Crippen molar-refractivity contribution in [2.24, 2.45) is 0 Å². The quantitative estimate of drug-likeness (QED) is 0.766. The lowest BCUT2D eigenvalue weighted by atomic mass is 10.3. The van der Waals surface area contributed by atoms with E-state index >= 15 is 0 Å². The Balaban J connectivity index is 2.31. The fraction of sp³-hybridized carbons (Fsp3) is 0.214. The molecular weight excluding hydrogens is 261 g/mol. The van der Waals surface area contributed by atoms with Crippen molar-refractivity contribution in [1.29, 1.82) is 0 Å². The zero-order valence-corrected chi connectivity index (χ0v) is 11.5. The van der Waals surface area contributed by atoms with E-state index in [1.165, 1.54) is 23.5 Å². The number of imidazole rings is 1. The summed E-state index contributed by atoms with van der Waals surface area (Å²) in [6.07, 6.45) is 0. The third kappa shape index (κ3) is 2.00. The van der Waals surface area contributed by atoms with Crippen LogP contribution in [-0.4, -0.2) is 9.55 Å². The van der Waals surface area contributed by atoms with E-state index in [4.69, 9.17) is 5.73 Å². The first kappa shape index (κ1) is 12.2. The van der Waals surface area contributed by atoms with E-state index in [9.17, 15) is 4.39 Å². The molecule has 0 aliphatic rings. The Morgan fingerprint density at radius 3 is 2.68 bits per heavy atom. The lowest BCUT2D eigenvalue weighted by molar-refractivity contribution is 0.621. The molecule has 19 heavy (non-hydrogen) atoms. The summed E-state index contributed by atoms with van der Waals surface area (Å²) in [5.41, 5.74) is 7.40. The second-order valence-corrected chi connectivity index (χ2v) is 5.85. The fourth-order valence-corrected chi connectivity index (χ4v) is 3.00. The molecule has 0 radical (unpaired) electrons. The van der Waals surface area contributed by atoms with Crippen molar-refractivity contribution >= 4 is 27.4 Å². The monoisotopic (exact) mass is 275 g/mol. The molecule has 0 saturated heterocycles. The topological polar surface area (TPSA) is 43.8 Å². The molecular formula is C14H14FN3S. The second-order valence-electron chi connectivity index (χ2n) is 4.73. The Morgan fingerprint density at radius 1 is 1.26 bits per heavy atom. The first-order chi connectivity index (χ1) is 9.06. The SMILES string of the molecule is CC(C)n1c(-c2ccc(N)s2)nc2cc(F)ccc21. The van der Waals surface area contributed by atoms with Crippen molar-refractivity contribution in [1.82, 2.24) is 9.55 Å². The van der Waals surface area contributed by atoms with Crippen LogP contribution >= 0.6 is 11.3 Å². The van der Waals surface area contributed by atoms with Crippen molar-refractivity contribution < 1.29 is 4.39 Å². The summed E-state index contributed by atoms with van der Waals surface area (Å²) < 4.78 is 15.4. The Labute approximate surface area is 114 Å². The van der Waals surface area contributed by atoms with Crippen LogP contribution in [0.1, 0.15) is 19.9 Å². The number of hydrogen-bond acceptors (Lipinski definition) is 3. The summed E-state index contributed by atoms with van der Waals surface area (Å²) in [4.78, 5) is 5.56. The van der Waals surface area contributed by atoms with Gasteiger partial charge in [-0.1, -0.05) is 0 Å². The van der Waals surface area contributed by atoms with Gasteiger partial charge < -0.3 is 10.3 Å². The molecule has 0 saturated carbocycles. The molecule has 3 nitrogen and oxygen atoms in total. The van der Waals surface area contributed by atoms with Crippen LogP contribution < -0.4 is 5.73 Å². The van der Waals surface area contributed by atoms with E-state index in [2.05, 4.69) is 23.4 Å². The molecule has 3 aromatic rings. The number of benzene rings is 1. The zero-order valence-electron chi connectivity index (χ0n) is 10.7. The molecule has 2 heterocycles. The smallest absolute Gasteiger partial charge is 0.151 e. The molecule has 0 aliphatic carbocycles. The maximum Gasteiger partial charge on any atom is 0.151 e. The minimum atomic E-state index is -0.266. The molecule has 2 aromatic heterocycles. The lowest BCUT2D eigenvalue weighted by Crippen LogP contribution is -2.02. The van der Waals surface area contributed by atoms with E-state index in [0.29, 0.717) is 5.52 Å². The maximum atomic E-state index is 13.3. The minimum absolute atomic E-state index is 0.244. The number of rotatable bonds is 2. The van der Waals surface area contributed by atoms with Gasteiger partial charge in [-0.15, -0.1) is 11.3 Å². The average molecular weight is 275 g/mol. The molecule has 0 amide bonds. The molecule has 2 N–H and O–H groups in total. The third-order valence-corrected chi connectivity index (χ3v) is 3.93. The van der Waals surface area contributed by atoms with E-state index < -0.39 is 0 Å². The van der Waals surface area contributed by atoms with Crippen molar-refractivity contribution in [2.75, 3.05) is 5.73 Å². The molecule has 1 aromatic carbocycles. The summed E-state index contributed by atoms with van der Waals surface area (Å²) in [6, 6.07) is 8.78. The summed E-state index contributed by atoms with van der Waals surface area (Å²) in [6.45, 7) is 4.18. The van der Waals surface area contributed by atoms with Gasteiger partial charge in [-0.3, -0.25) is 0 Å². The largest absolute Gasteiger partial charge is 0.391 e. The van der Waals surface area contributed by atoms with Gasteiger partial charge in [0.05, 0.1) is 20.9 Å². The van der Waals surface area contributed by atoms with Crippen molar-refractivity contribution in [2.45, 2.75) is 19.9 Å². The highest BCUT2D eigenvalue weighted by Crippen LogP contribution is 2.33. The van der Waals surface area contributed by atoms with Crippen LogP contribution in [0.2, 0.25) is 0 Å². The van der Waals surface area contributed by atoms with Gasteiger partial charge in [-0.05, 0) is 38.1 Å². The fourth-order valence-electron chi connectivity index (χ4n) is 2.24. The molecule has 5 heteroatoms. The second kappa shape index (κ2) is 4.35. The van der Waals surface area contributed by atoms with E-state index in [0.717, 1.165) is 21.2 Å². The van der Waals surface area contributed by atoms with E-state index in [-0.39, 0.29) is 11.9 Å². The summed E-state index contributed by atoms with van der Waals surface area (Å²) in [5, 5.41) is 0.753. The first-order valence-electron chi connectivity index (χ1n) is 6.09. The average Bonchev–Trinajstić information content (AvgIpc) is 2.91. The van der Waals surface area contributed by atoms with Crippen LogP contribution in [-0.2, 0) is 0 Å². The molecule has 0 bridgehead atoms. The third-order valence-electron chi connectivity index (χ3n) is 3.02. The number of halogens is 1. The van der Waals surface area contributed by atoms with Gasteiger partial charge in [-0.25, -0.2) is 9.37 Å². The van der Waals surface area contributed by atoms with Gasteiger partial charge >= 0.3 is 0 Å². The molecule has 0 aliphatic heterocycles. The van der Waals surface area contributed by atoms with E-state index in [1.807, 2.05) is 12.1 Å². The molecule has 0 spiro atoms. The highest BCUT2D eigenvalue weighted by molar-refractivity contribution is 7.19. The molecule has 3 rings (SSSR count). The number of nitrogens with zero attached hydrogens (tertiary/aromatic N) is 2. The molecule has 0 unspecified atom stereocenters. The normalized spacial score (nSPS) is 11.6. The van der Waals surface area contributed by atoms with Crippen LogP contribution in [0.15, 0.2) is 30.3 Å². The number of nitrogens with two attached hydrogens (primary N) is 1. The first-order valence-corrected chi connectivity index (χ1v) is 6.91. The summed E-state index contributed by atoms with van der Waals surface area (Å²) in [7, 11) is 0. The van der Waals surface area contributed by atoms with Crippen LogP contribution in [0.3, 0.4) is 0 Å². The van der Waals surface area contributed by atoms with Crippen LogP contribution in [0.5, 0.6) is 0 Å². The van der Waals surface area contributed by atoms with Gasteiger partial charge in [0.1, 0.15) is 5.82 Å². The Kier molecular flexibility index (Phi) is 2.78. The maximum absolute atomic E-state index is 13.3. The molecule has 0 fully saturated rings. The Bertz CT molecular complexity index is 742. The van der Waals surface area contributed by atoms with Gasteiger partial charge in [0.15, 0.2) is 5.82 Å². The predicted molar refractivity (Wildman–Crippen MR) is 77.8 cm³/mol. The number of hydrogen-bond donors (Lipinski definition) is 1. The number of aromatic nitrogens is 2. The van der Waals surface area contributed by atoms with Crippen molar-refractivity contribution in [3.63, 3.8) is 0 Å². The number of thiophene rings is 1. The van der Waals surface area contributed by atoms with Gasteiger partial charge in [-0.2, -0.15) is 0 Å². The van der Waals surface area contributed by atoms with Gasteiger partial charge in [0.2, 0.25) is 0 Å². The minimum Gasteiger partial charge on any atom is -0.391 e. The van der Waals surface area contributed by atoms with Gasteiger partial charge in [0, 0.05) is 12.1 Å². The highest BCUT2D eigenvalue weighted by Gasteiger charge is 2.16. The predicted octanol–water partition coefficient (Wildman–Crippen LogP) is 4.07. The molecule has 98 valence electrons. The van der Waals surface area contributed by atoms with E-state index in [1.54, 1.807) is 6.07 Å². The van der Waals surface area contributed by atoms with Crippen LogP contribution in [0, 0.1) is 5.82 Å².